The van der Waals surface area contributed by atoms with E-state index in [0.29, 0.717) is 17.3 Å². The highest BCUT2D eigenvalue weighted by Gasteiger charge is 2.24. The Kier molecular flexibility index (Phi) is 4.86. The number of aromatic nitrogens is 1. The summed E-state index contributed by atoms with van der Waals surface area (Å²) in [5.41, 5.74) is 2.05. The first kappa shape index (κ1) is 15.8. The highest BCUT2D eigenvalue weighted by molar-refractivity contribution is 5.95. The van der Waals surface area contributed by atoms with Crippen molar-refractivity contribution in [2.75, 3.05) is 18.0 Å². The van der Waals surface area contributed by atoms with Gasteiger partial charge in [0.05, 0.1) is 0 Å². The summed E-state index contributed by atoms with van der Waals surface area (Å²) in [6.07, 6.45) is 3.45. The fraction of sp³-hybridized carbons (Fsp3) is 0.647. The van der Waals surface area contributed by atoms with E-state index in [1.165, 1.54) is 6.42 Å². The van der Waals surface area contributed by atoms with E-state index < -0.39 is 5.97 Å². The minimum atomic E-state index is -0.875. The molecule has 4 nitrogen and oxygen atoms in total. The maximum Gasteiger partial charge on any atom is 0.339 e. The van der Waals surface area contributed by atoms with E-state index in [-0.39, 0.29) is 0 Å². The van der Waals surface area contributed by atoms with Crippen molar-refractivity contribution in [3.63, 3.8) is 0 Å². The van der Waals surface area contributed by atoms with E-state index >= 15 is 0 Å². The normalized spacial score (nSPS) is 19.7. The molecule has 1 saturated heterocycles. The highest BCUT2D eigenvalue weighted by atomic mass is 16.4. The summed E-state index contributed by atoms with van der Waals surface area (Å²) >= 11 is 0. The van der Waals surface area contributed by atoms with Crippen molar-refractivity contribution in [2.45, 2.75) is 47.0 Å². The van der Waals surface area contributed by atoms with Crippen molar-refractivity contribution >= 4 is 11.8 Å². The van der Waals surface area contributed by atoms with Crippen LogP contribution in [0.1, 0.15) is 54.7 Å². The zero-order valence-corrected chi connectivity index (χ0v) is 13.5. The largest absolute Gasteiger partial charge is 0.478 e. The second-order valence-corrected chi connectivity index (χ2v) is 6.51. The van der Waals surface area contributed by atoms with Gasteiger partial charge in [-0.3, -0.25) is 0 Å². The number of aromatic carboxylic acids is 1. The number of carbonyl (C=O) groups is 1. The molecule has 1 aliphatic rings. The Morgan fingerprint density at radius 2 is 2.05 bits per heavy atom. The quantitative estimate of drug-likeness (QED) is 0.923. The van der Waals surface area contributed by atoms with Crippen LogP contribution in [0.5, 0.6) is 0 Å². The number of aryl methyl sites for hydroxylation is 2. The first-order chi connectivity index (χ1) is 9.90. The molecular weight excluding hydrogens is 264 g/mol. The molecular formula is C17H26N2O2. The number of carboxylic acids is 1. The van der Waals surface area contributed by atoms with Gasteiger partial charge in [0.2, 0.25) is 0 Å². The van der Waals surface area contributed by atoms with Gasteiger partial charge in [-0.15, -0.1) is 0 Å². The number of hydrogen-bond acceptors (Lipinski definition) is 3. The van der Waals surface area contributed by atoms with Crippen molar-refractivity contribution in [3.8, 4) is 0 Å². The molecule has 4 heteroatoms. The Hall–Kier alpha value is -1.58. The van der Waals surface area contributed by atoms with E-state index in [1.807, 2.05) is 19.9 Å². The van der Waals surface area contributed by atoms with Crippen LogP contribution >= 0.6 is 0 Å². The van der Waals surface area contributed by atoms with Crippen molar-refractivity contribution in [1.82, 2.24) is 4.98 Å². The lowest BCUT2D eigenvalue weighted by Crippen LogP contribution is -2.28. The lowest BCUT2D eigenvalue weighted by Gasteiger charge is -2.25. The lowest BCUT2D eigenvalue weighted by atomic mass is 9.89. The molecule has 21 heavy (non-hydrogen) atoms. The first-order valence-electron chi connectivity index (χ1n) is 7.86. The average Bonchev–Trinajstić information content (AvgIpc) is 2.62. The summed E-state index contributed by atoms with van der Waals surface area (Å²) in [5, 5.41) is 9.51. The maximum atomic E-state index is 11.6. The van der Waals surface area contributed by atoms with E-state index in [1.54, 1.807) is 0 Å². The predicted molar refractivity (Wildman–Crippen MR) is 85.1 cm³/mol. The molecule has 1 fully saturated rings. The SMILES string of the molecule is Cc1cc(C)c(C(=O)O)c(N2CCCC(C(C)C)CC2)n1. The second-order valence-electron chi connectivity index (χ2n) is 6.51. The van der Waals surface area contributed by atoms with E-state index in [9.17, 15) is 9.90 Å². The fourth-order valence-corrected chi connectivity index (χ4v) is 3.31. The third kappa shape index (κ3) is 3.55. The van der Waals surface area contributed by atoms with Gasteiger partial charge >= 0.3 is 5.97 Å². The first-order valence-corrected chi connectivity index (χ1v) is 7.86. The molecule has 0 spiro atoms. The molecule has 1 atom stereocenters. The Balaban J connectivity index is 2.31. The Morgan fingerprint density at radius 3 is 2.67 bits per heavy atom. The number of carboxylic acid groups (broad SMARTS) is 1. The molecule has 2 heterocycles. The molecule has 1 N–H and O–H groups in total. The Bertz CT molecular complexity index is 526. The van der Waals surface area contributed by atoms with Gasteiger partial charge < -0.3 is 10.0 Å². The molecule has 0 saturated carbocycles. The maximum absolute atomic E-state index is 11.6. The van der Waals surface area contributed by atoms with Crippen LogP contribution in [-0.4, -0.2) is 29.1 Å². The summed E-state index contributed by atoms with van der Waals surface area (Å²) in [5.74, 6) is 1.20. The topological polar surface area (TPSA) is 53.4 Å². The molecule has 116 valence electrons. The van der Waals surface area contributed by atoms with Gasteiger partial charge in [-0.1, -0.05) is 13.8 Å². The van der Waals surface area contributed by atoms with Gasteiger partial charge in [0.1, 0.15) is 11.4 Å². The molecule has 0 radical (unpaired) electrons. The Morgan fingerprint density at radius 1 is 1.33 bits per heavy atom. The summed E-state index contributed by atoms with van der Waals surface area (Å²) < 4.78 is 0. The summed E-state index contributed by atoms with van der Waals surface area (Å²) in [7, 11) is 0. The van der Waals surface area contributed by atoms with Gasteiger partial charge in [0.15, 0.2) is 0 Å². The fourth-order valence-electron chi connectivity index (χ4n) is 3.31. The third-order valence-electron chi connectivity index (χ3n) is 4.55. The van der Waals surface area contributed by atoms with Crippen molar-refractivity contribution in [1.29, 1.82) is 0 Å². The summed E-state index contributed by atoms with van der Waals surface area (Å²) in [6, 6.07) is 1.85. The van der Waals surface area contributed by atoms with Crippen LogP contribution in [0.4, 0.5) is 5.82 Å². The summed E-state index contributed by atoms with van der Waals surface area (Å²) in [4.78, 5) is 18.3. The lowest BCUT2D eigenvalue weighted by molar-refractivity contribution is 0.0696. The van der Waals surface area contributed by atoms with Crippen LogP contribution in [-0.2, 0) is 0 Å². The molecule has 0 aliphatic carbocycles. The molecule has 1 aliphatic heterocycles. The summed E-state index contributed by atoms with van der Waals surface area (Å²) in [6.45, 7) is 10.1. The standard InChI is InChI=1S/C17H26N2O2/c1-11(2)14-6-5-8-19(9-7-14)16-15(17(20)21)12(3)10-13(4)18-16/h10-11,14H,5-9H2,1-4H3,(H,20,21). The van der Waals surface area contributed by atoms with Crippen LogP contribution in [0.2, 0.25) is 0 Å². The van der Waals surface area contributed by atoms with E-state index in [0.717, 1.165) is 43.1 Å². The van der Waals surface area contributed by atoms with Crippen LogP contribution in [0, 0.1) is 25.7 Å². The number of nitrogens with zero attached hydrogens (tertiary/aromatic N) is 2. The molecule has 0 aromatic carbocycles. The number of anilines is 1. The second kappa shape index (κ2) is 6.46. The molecule has 0 bridgehead atoms. The minimum Gasteiger partial charge on any atom is -0.478 e. The predicted octanol–water partition coefficient (Wildman–Crippen LogP) is 3.66. The van der Waals surface area contributed by atoms with Crippen molar-refractivity contribution in [2.24, 2.45) is 11.8 Å². The van der Waals surface area contributed by atoms with Crippen LogP contribution in [0.3, 0.4) is 0 Å². The van der Waals surface area contributed by atoms with Crippen molar-refractivity contribution < 1.29 is 9.90 Å². The van der Waals surface area contributed by atoms with E-state index in [4.69, 9.17) is 0 Å². The third-order valence-corrected chi connectivity index (χ3v) is 4.55. The van der Waals surface area contributed by atoms with Crippen LogP contribution in [0.25, 0.3) is 0 Å². The van der Waals surface area contributed by atoms with Crippen molar-refractivity contribution in [3.05, 3.63) is 22.9 Å². The van der Waals surface area contributed by atoms with Gasteiger partial charge in [-0.2, -0.15) is 0 Å². The van der Waals surface area contributed by atoms with Gasteiger partial charge in [-0.25, -0.2) is 9.78 Å². The monoisotopic (exact) mass is 290 g/mol. The van der Waals surface area contributed by atoms with E-state index in [2.05, 4.69) is 23.7 Å². The number of pyridine rings is 1. The molecule has 2 rings (SSSR count). The minimum absolute atomic E-state index is 0.364. The average molecular weight is 290 g/mol. The van der Waals surface area contributed by atoms with Gasteiger partial charge in [-0.05, 0) is 56.6 Å². The van der Waals surface area contributed by atoms with Gasteiger partial charge in [0.25, 0.3) is 0 Å². The van der Waals surface area contributed by atoms with Crippen LogP contribution in [0.15, 0.2) is 6.07 Å². The smallest absolute Gasteiger partial charge is 0.339 e. The molecule has 0 amide bonds. The van der Waals surface area contributed by atoms with Crippen LogP contribution < -0.4 is 4.90 Å². The molecule has 1 aromatic heterocycles. The zero-order valence-electron chi connectivity index (χ0n) is 13.5. The number of rotatable bonds is 3. The molecule has 1 unspecified atom stereocenters. The Labute approximate surface area is 127 Å². The highest BCUT2D eigenvalue weighted by Crippen LogP contribution is 2.29. The number of hydrogen-bond donors (Lipinski definition) is 1. The zero-order chi connectivity index (χ0) is 15.6. The van der Waals surface area contributed by atoms with Gasteiger partial charge in [0, 0.05) is 18.8 Å². The molecule has 1 aromatic rings.